The molecule has 0 radical (unpaired) electrons. The van der Waals surface area contributed by atoms with E-state index in [9.17, 15) is 9.18 Å². The van der Waals surface area contributed by atoms with Crippen LogP contribution in [0, 0.1) is 5.82 Å². The third-order valence-corrected chi connectivity index (χ3v) is 6.43. The Labute approximate surface area is 203 Å². The van der Waals surface area contributed by atoms with Gasteiger partial charge in [-0.25, -0.2) is 14.2 Å². The van der Waals surface area contributed by atoms with Gasteiger partial charge in [0.05, 0.1) is 47.5 Å². The number of thiazole rings is 1. The minimum atomic E-state index is -0.325. The van der Waals surface area contributed by atoms with Crippen LogP contribution in [0.3, 0.4) is 0 Å². The number of benzene rings is 2. The van der Waals surface area contributed by atoms with Gasteiger partial charge in [0.15, 0.2) is 4.80 Å². The number of morpholine rings is 1. The number of amides is 2. The van der Waals surface area contributed by atoms with Gasteiger partial charge in [-0.1, -0.05) is 18.2 Å². The first kappa shape index (κ1) is 22.7. The van der Waals surface area contributed by atoms with E-state index in [1.54, 1.807) is 35.0 Å². The second-order valence-electron chi connectivity index (χ2n) is 7.14. The number of nitrogens with zero attached hydrogens (tertiary/aromatic N) is 3. The molecule has 0 spiro atoms. The van der Waals surface area contributed by atoms with Crippen LogP contribution in [-0.2, 0) is 11.3 Å². The van der Waals surface area contributed by atoms with Gasteiger partial charge in [0, 0.05) is 37.2 Å². The lowest BCUT2D eigenvalue weighted by Gasteiger charge is -2.28. The Bertz CT molecular complexity index is 1130. The largest absolute Gasteiger partial charge is 0.378 e. The summed E-state index contributed by atoms with van der Waals surface area (Å²) in [5.74, 6) is -0.325. The molecule has 168 valence electrons. The fourth-order valence-electron chi connectivity index (χ4n) is 3.50. The molecule has 2 aromatic carbocycles. The molecule has 0 saturated carbocycles. The van der Waals surface area contributed by atoms with Gasteiger partial charge in [-0.2, -0.15) is 0 Å². The van der Waals surface area contributed by atoms with Gasteiger partial charge in [0.25, 0.3) is 0 Å². The van der Waals surface area contributed by atoms with Crippen LogP contribution in [0.25, 0.3) is 11.3 Å². The van der Waals surface area contributed by atoms with Gasteiger partial charge in [-0.3, -0.25) is 3.53 Å². The smallest absolute Gasteiger partial charge is 0.323 e. The monoisotopic (exact) mass is 567 g/mol. The second kappa shape index (κ2) is 10.9. The van der Waals surface area contributed by atoms with Crippen molar-refractivity contribution >= 4 is 51.6 Å². The Hall–Kier alpha value is -2.44. The molecule has 1 fully saturated rings. The Kier molecular flexibility index (Phi) is 7.76. The molecule has 4 rings (SSSR count). The van der Waals surface area contributed by atoms with E-state index in [1.165, 1.54) is 29.2 Å². The second-order valence-corrected chi connectivity index (χ2v) is 8.52. The Balaban J connectivity index is 1.64. The zero-order valence-electron chi connectivity index (χ0n) is 17.3. The lowest BCUT2D eigenvalue weighted by atomic mass is 10.1. The average molecular weight is 567 g/mol. The van der Waals surface area contributed by atoms with Crippen molar-refractivity contribution < 1.29 is 13.9 Å². The molecule has 0 bridgehead atoms. The van der Waals surface area contributed by atoms with Crippen molar-refractivity contribution in [3.05, 3.63) is 64.5 Å². The molecule has 10 heteroatoms. The number of aromatic nitrogens is 1. The van der Waals surface area contributed by atoms with Crippen LogP contribution in [-0.4, -0.2) is 43.4 Å². The first-order valence-corrected chi connectivity index (χ1v) is 12.2. The molecule has 2 heterocycles. The van der Waals surface area contributed by atoms with Gasteiger partial charge < -0.3 is 19.5 Å². The zero-order chi connectivity index (χ0) is 22.3. The summed E-state index contributed by atoms with van der Waals surface area (Å²) < 4.78 is 23.6. The maximum atomic E-state index is 13.6. The van der Waals surface area contributed by atoms with Crippen molar-refractivity contribution in [2.75, 3.05) is 37.7 Å². The van der Waals surface area contributed by atoms with E-state index in [4.69, 9.17) is 4.74 Å². The van der Waals surface area contributed by atoms with Crippen molar-refractivity contribution in [3.8, 4) is 11.3 Å². The molecule has 1 aliphatic heterocycles. The summed E-state index contributed by atoms with van der Waals surface area (Å²) in [5.41, 5.74) is 3.77. The highest BCUT2D eigenvalue weighted by Crippen LogP contribution is 2.25. The number of hydrogen-bond donors (Lipinski definition) is 2. The summed E-state index contributed by atoms with van der Waals surface area (Å²) in [6, 6.07) is 14.4. The lowest BCUT2D eigenvalue weighted by Crippen LogP contribution is -2.36. The number of halogens is 2. The van der Waals surface area contributed by atoms with Crippen LogP contribution in [0.15, 0.2) is 58.9 Å². The SMILES string of the molecule is O=C(NI)NCCn1c(-c2ccc(N3CCOCC3)cc2)csc1=Nc1cccc(F)c1. The van der Waals surface area contributed by atoms with Crippen molar-refractivity contribution in [2.24, 2.45) is 4.99 Å². The number of carbonyl (C=O) groups excluding carboxylic acids is 1. The summed E-state index contributed by atoms with van der Waals surface area (Å²) in [4.78, 5) is 19.3. The Morgan fingerprint density at radius 1 is 1.19 bits per heavy atom. The zero-order valence-corrected chi connectivity index (χ0v) is 20.2. The van der Waals surface area contributed by atoms with E-state index in [0.29, 0.717) is 18.8 Å². The number of anilines is 1. The Morgan fingerprint density at radius 3 is 2.69 bits per heavy atom. The van der Waals surface area contributed by atoms with Crippen molar-refractivity contribution in [1.29, 1.82) is 0 Å². The standard InChI is InChI=1S/C22H23FIN5O2S/c23-17-2-1-3-18(14-17)26-22-29(9-8-25-21(30)27-24)20(15-32-22)16-4-6-19(7-5-16)28-10-12-31-13-11-28/h1-7,14-15H,8-13H2,(H2,25,27,30). The van der Waals surface area contributed by atoms with Crippen molar-refractivity contribution in [2.45, 2.75) is 6.54 Å². The van der Waals surface area contributed by atoms with E-state index < -0.39 is 0 Å². The molecule has 2 amide bonds. The molecule has 2 N–H and O–H groups in total. The summed E-state index contributed by atoms with van der Waals surface area (Å²) in [6.45, 7) is 4.23. The van der Waals surface area contributed by atoms with Crippen molar-refractivity contribution in [1.82, 2.24) is 13.4 Å². The first-order valence-electron chi connectivity index (χ1n) is 10.2. The van der Waals surface area contributed by atoms with Crippen LogP contribution in [0.2, 0.25) is 0 Å². The molecule has 0 aliphatic carbocycles. The summed E-state index contributed by atoms with van der Waals surface area (Å²) in [5, 5.41) is 4.85. The number of carbonyl (C=O) groups is 1. The number of ether oxygens (including phenoxy) is 1. The molecule has 1 aliphatic rings. The van der Waals surface area contributed by atoms with E-state index in [1.807, 2.05) is 9.95 Å². The molecular weight excluding hydrogens is 544 g/mol. The van der Waals surface area contributed by atoms with Gasteiger partial charge in [-0.15, -0.1) is 11.3 Å². The van der Waals surface area contributed by atoms with Crippen LogP contribution in [0.5, 0.6) is 0 Å². The molecule has 7 nitrogen and oxygen atoms in total. The van der Waals surface area contributed by atoms with Crippen LogP contribution in [0.4, 0.5) is 20.6 Å². The number of nitrogens with one attached hydrogen (secondary N) is 2. The van der Waals surface area contributed by atoms with Crippen molar-refractivity contribution in [3.63, 3.8) is 0 Å². The molecule has 3 aromatic rings. The van der Waals surface area contributed by atoms with Crippen LogP contribution < -0.4 is 18.5 Å². The summed E-state index contributed by atoms with van der Waals surface area (Å²) in [7, 11) is 0. The minimum absolute atomic E-state index is 0.249. The fraction of sp³-hybridized carbons (Fsp3) is 0.273. The highest BCUT2D eigenvalue weighted by molar-refractivity contribution is 14.1. The van der Waals surface area contributed by atoms with Crippen LogP contribution in [0.1, 0.15) is 0 Å². The molecular formula is C22H23FIN5O2S. The summed E-state index contributed by atoms with van der Waals surface area (Å²) in [6.07, 6.45) is 0. The highest BCUT2D eigenvalue weighted by atomic mass is 127. The molecule has 1 aromatic heterocycles. The highest BCUT2D eigenvalue weighted by Gasteiger charge is 2.13. The predicted molar refractivity (Wildman–Crippen MR) is 133 cm³/mol. The van der Waals surface area contributed by atoms with E-state index >= 15 is 0 Å². The summed E-state index contributed by atoms with van der Waals surface area (Å²) >= 11 is 3.28. The Morgan fingerprint density at radius 2 is 1.97 bits per heavy atom. The molecule has 0 unspecified atom stereocenters. The predicted octanol–water partition coefficient (Wildman–Crippen LogP) is 4.07. The molecule has 1 saturated heterocycles. The van der Waals surface area contributed by atoms with Gasteiger partial charge >= 0.3 is 6.03 Å². The first-order chi connectivity index (χ1) is 15.6. The normalized spacial score (nSPS) is 14.4. The molecule has 32 heavy (non-hydrogen) atoms. The number of urea groups is 1. The third kappa shape index (κ3) is 5.67. The number of hydrogen-bond acceptors (Lipinski definition) is 5. The fourth-order valence-corrected chi connectivity index (χ4v) is 4.65. The van der Waals surface area contributed by atoms with E-state index in [-0.39, 0.29) is 11.8 Å². The van der Waals surface area contributed by atoms with Crippen LogP contribution >= 0.6 is 34.2 Å². The maximum absolute atomic E-state index is 13.6. The molecule has 0 atom stereocenters. The topological polar surface area (TPSA) is 70.9 Å². The van der Waals surface area contributed by atoms with E-state index in [0.717, 1.165) is 42.4 Å². The van der Waals surface area contributed by atoms with Gasteiger partial charge in [0.2, 0.25) is 0 Å². The van der Waals surface area contributed by atoms with E-state index in [2.05, 4.69) is 43.0 Å². The quantitative estimate of drug-likeness (QED) is 0.349. The van der Waals surface area contributed by atoms with Gasteiger partial charge in [-0.05, 0) is 35.9 Å². The minimum Gasteiger partial charge on any atom is -0.378 e. The van der Waals surface area contributed by atoms with Gasteiger partial charge in [0.1, 0.15) is 5.82 Å². The third-order valence-electron chi connectivity index (χ3n) is 5.08. The maximum Gasteiger partial charge on any atom is 0.323 e. The number of rotatable bonds is 6. The lowest BCUT2D eigenvalue weighted by molar-refractivity contribution is 0.122. The average Bonchev–Trinajstić information content (AvgIpc) is 3.22.